The molecule has 2 saturated heterocycles. The molecule has 1 spiro atoms. The Labute approximate surface area is 171 Å². The van der Waals surface area contributed by atoms with E-state index in [1.165, 1.54) is 11.1 Å². The fourth-order valence-corrected chi connectivity index (χ4v) is 4.47. The van der Waals surface area contributed by atoms with Crippen molar-refractivity contribution in [3.05, 3.63) is 64.7 Å². The lowest BCUT2D eigenvalue weighted by Gasteiger charge is -2.42. The SMILES string of the molecule is COc1ccccc1CN1CCC2(CC1)C(=O)NCN2Cc1ccc(Cl)cc1. The third kappa shape index (κ3) is 3.75. The van der Waals surface area contributed by atoms with Gasteiger partial charge in [-0.3, -0.25) is 14.6 Å². The summed E-state index contributed by atoms with van der Waals surface area (Å²) in [6.07, 6.45) is 1.67. The van der Waals surface area contributed by atoms with Crippen LogP contribution in [0.4, 0.5) is 0 Å². The minimum Gasteiger partial charge on any atom is -0.496 e. The van der Waals surface area contributed by atoms with Crippen LogP contribution in [0.5, 0.6) is 5.75 Å². The van der Waals surface area contributed by atoms with E-state index in [4.69, 9.17) is 16.3 Å². The van der Waals surface area contributed by atoms with Crippen LogP contribution >= 0.6 is 11.6 Å². The Kier molecular flexibility index (Phi) is 5.58. The molecule has 2 aliphatic rings. The molecule has 0 saturated carbocycles. The molecule has 4 rings (SSSR count). The van der Waals surface area contributed by atoms with E-state index in [0.29, 0.717) is 6.67 Å². The van der Waals surface area contributed by atoms with Crippen molar-refractivity contribution >= 4 is 17.5 Å². The summed E-state index contributed by atoms with van der Waals surface area (Å²) in [5.41, 5.74) is 1.96. The third-order valence-corrected chi connectivity index (χ3v) is 6.27. The monoisotopic (exact) mass is 399 g/mol. The molecule has 0 unspecified atom stereocenters. The molecule has 2 heterocycles. The number of piperidine rings is 1. The molecule has 2 aromatic rings. The largest absolute Gasteiger partial charge is 0.496 e. The summed E-state index contributed by atoms with van der Waals surface area (Å²) in [5, 5.41) is 3.80. The Morgan fingerprint density at radius 2 is 1.79 bits per heavy atom. The van der Waals surface area contributed by atoms with Gasteiger partial charge in [0.15, 0.2) is 0 Å². The molecule has 148 valence electrons. The number of hydrogen-bond acceptors (Lipinski definition) is 4. The van der Waals surface area contributed by atoms with Crippen LogP contribution in [-0.4, -0.2) is 48.1 Å². The summed E-state index contributed by atoms with van der Waals surface area (Å²) in [7, 11) is 1.71. The molecule has 0 aliphatic carbocycles. The van der Waals surface area contributed by atoms with Crippen LogP contribution in [0.15, 0.2) is 48.5 Å². The average molecular weight is 400 g/mol. The second kappa shape index (κ2) is 8.11. The van der Waals surface area contributed by atoms with Crippen LogP contribution in [-0.2, 0) is 17.9 Å². The first-order valence-corrected chi connectivity index (χ1v) is 10.1. The van der Waals surface area contributed by atoms with E-state index in [1.54, 1.807) is 7.11 Å². The maximum absolute atomic E-state index is 12.8. The van der Waals surface area contributed by atoms with Crippen molar-refractivity contribution in [2.45, 2.75) is 31.5 Å². The lowest BCUT2D eigenvalue weighted by atomic mass is 9.85. The van der Waals surface area contributed by atoms with Gasteiger partial charge < -0.3 is 10.1 Å². The van der Waals surface area contributed by atoms with Gasteiger partial charge in [0.05, 0.1) is 13.8 Å². The number of ether oxygens (including phenoxy) is 1. The van der Waals surface area contributed by atoms with Gasteiger partial charge >= 0.3 is 0 Å². The molecule has 0 radical (unpaired) electrons. The van der Waals surface area contributed by atoms with Gasteiger partial charge in [-0.2, -0.15) is 0 Å². The highest BCUT2D eigenvalue weighted by atomic mass is 35.5. The molecule has 6 heteroatoms. The van der Waals surface area contributed by atoms with Crippen molar-refractivity contribution in [1.82, 2.24) is 15.1 Å². The van der Waals surface area contributed by atoms with E-state index in [1.807, 2.05) is 42.5 Å². The van der Waals surface area contributed by atoms with Crippen molar-refractivity contribution in [2.75, 3.05) is 26.9 Å². The maximum atomic E-state index is 12.8. The Morgan fingerprint density at radius 1 is 1.07 bits per heavy atom. The molecule has 1 N–H and O–H groups in total. The number of carbonyl (C=O) groups is 1. The highest BCUT2D eigenvalue weighted by molar-refractivity contribution is 6.30. The van der Waals surface area contributed by atoms with Crippen molar-refractivity contribution < 1.29 is 9.53 Å². The minimum absolute atomic E-state index is 0.165. The Bertz CT molecular complexity index is 832. The lowest BCUT2D eigenvalue weighted by Crippen LogP contribution is -2.55. The van der Waals surface area contributed by atoms with Gasteiger partial charge in [0.2, 0.25) is 5.91 Å². The number of likely N-dealkylation sites (tertiary alicyclic amines) is 1. The van der Waals surface area contributed by atoms with E-state index in [-0.39, 0.29) is 5.91 Å². The molecule has 0 bridgehead atoms. The van der Waals surface area contributed by atoms with Crippen LogP contribution in [0, 0.1) is 0 Å². The number of hydrogen-bond donors (Lipinski definition) is 1. The number of rotatable bonds is 5. The normalized spacial score (nSPS) is 19.7. The van der Waals surface area contributed by atoms with Crippen molar-refractivity contribution in [1.29, 1.82) is 0 Å². The topological polar surface area (TPSA) is 44.8 Å². The molecular formula is C22H26ClN3O2. The fraction of sp³-hybridized carbons (Fsp3) is 0.409. The summed E-state index contributed by atoms with van der Waals surface area (Å²) in [6.45, 7) is 3.99. The summed E-state index contributed by atoms with van der Waals surface area (Å²) in [4.78, 5) is 17.5. The van der Waals surface area contributed by atoms with Crippen molar-refractivity contribution in [3.63, 3.8) is 0 Å². The first-order chi connectivity index (χ1) is 13.6. The van der Waals surface area contributed by atoms with E-state index in [9.17, 15) is 4.79 Å². The zero-order valence-corrected chi connectivity index (χ0v) is 16.9. The number of halogens is 1. The standard InChI is InChI=1S/C22H26ClN3O2/c1-28-20-5-3-2-4-18(20)15-25-12-10-22(11-13-25)21(27)24-16-26(22)14-17-6-8-19(23)9-7-17/h2-9H,10-16H2,1H3,(H,24,27). The fourth-order valence-electron chi connectivity index (χ4n) is 4.34. The van der Waals surface area contributed by atoms with Gasteiger partial charge in [-0.05, 0) is 36.6 Å². The first-order valence-electron chi connectivity index (χ1n) is 9.73. The van der Waals surface area contributed by atoms with Gasteiger partial charge in [0, 0.05) is 36.8 Å². The molecule has 0 aromatic heterocycles. The summed E-state index contributed by atoms with van der Waals surface area (Å²) in [5.74, 6) is 1.09. The van der Waals surface area contributed by atoms with Crippen molar-refractivity contribution in [2.24, 2.45) is 0 Å². The molecule has 1 amide bonds. The zero-order valence-electron chi connectivity index (χ0n) is 16.2. The zero-order chi connectivity index (χ0) is 19.6. The Hall–Kier alpha value is -2.08. The van der Waals surface area contributed by atoms with Crippen LogP contribution in [0.1, 0.15) is 24.0 Å². The molecule has 28 heavy (non-hydrogen) atoms. The quantitative estimate of drug-likeness (QED) is 0.838. The van der Waals surface area contributed by atoms with E-state index >= 15 is 0 Å². The van der Waals surface area contributed by atoms with E-state index in [0.717, 1.165) is 49.8 Å². The van der Waals surface area contributed by atoms with Crippen LogP contribution in [0.3, 0.4) is 0 Å². The number of methoxy groups -OCH3 is 1. The number of para-hydroxylation sites is 1. The number of benzene rings is 2. The van der Waals surface area contributed by atoms with Crippen LogP contribution < -0.4 is 10.1 Å². The second-order valence-electron chi connectivity index (χ2n) is 7.61. The maximum Gasteiger partial charge on any atom is 0.241 e. The number of carbonyl (C=O) groups excluding carboxylic acids is 1. The second-order valence-corrected chi connectivity index (χ2v) is 8.04. The lowest BCUT2D eigenvalue weighted by molar-refractivity contribution is -0.129. The predicted octanol–water partition coefficient (Wildman–Crippen LogP) is 3.27. The smallest absolute Gasteiger partial charge is 0.241 e. The summed E-state index contributed by atoms with van der Waals surface area (Å²) >= 11 is 6.00. The molecule has 2 fully saturated rings. The number of nitrogens with one attached hydrogen (secondary N) is 1. The van der Waals surface area contributed by atoms with Crippen LogP contribution in [0.25, 0.3) is 0 Å². The van der Waals surface area contributed by atoms with Crippen LogP contribution in [0.2, 0.25) is 5.02 Å². The molecular weight excluding hydrogens is 374 g/mol. The molecule has 2 aliphatic heterocycles. The Balaban J connectivity index is 1.43. The third-order valence-electron chi connectivity index (χ3n) is 6.01. The molecule has 2 aromatic carbocycles. The predicted molar refractivity (Wildman–Crippen MR) is 110 cm³/mol. The number of amides is 1. The molecule has 0 atom stereocenters. The highest BCUT2D eigenvalue weighted by Crippen LogP contribution is 2.34. The van der Waals surface area contributed by atoms with Gasteiger partial charge in [-0.1, -0.05) is 41.9 Å². The van der Waals surface area contributed by atoms with Gasteiger partial charge in [-0.15, -0.1) is 0 Å². The Morgan fingerprint density at radius 3 is 2.50 bits per heavy atom. The van der Waals surface area contributed by atoms with E-state index in [2.05, 4.69) is 21.2 Å². The van der Waals surface area contributed by atoms with E-state index < -0.39 is 5.54 Å². The molecule has 5 nitrogen and oxygen atoms in total. The first kappa shape index (κ1) is 19.2. The van der Waals surface area contributed by atoms with Gasteiger partial charge in [0.25, 0.3) is 0 Å². The average Bonchev–Trinajstić information content (AvgIpc) is 3.01. The van der Waals surface area contributed by atoms with Gasteiger partial charge in [0.1, 0.15) is 11.3 Å². The minimum atomic E-state index is -0.406. The highest BCUT2D eigenvalue weighted by Gasteiger charge is 2.49. The van der Waals surface area contributed by atoms with Gasteiger partial charge in [-0.25, -0.2) is 0 Å². The summed E-state index contributed by atoms with van der Waals surface area (Å²) < 4.78 is 5.48. The number of nitrogens with zero attached hydrogens (tertiary/aromatic N) is 2. The summed E-state index contributed by atoms with van der Waals surface area (Å²) in [6, 6.07) is 16.0. The van der Waals surface area contributed by atoms with Crippen molar-refractivity contribution in [3.8, 4) is 5.75 Å².